The fraction of sp³-hybridized carbons (Fsp3) is 0.192. The Hall–Kier alpha value is -4.17. The lowest BCUT2D eigenvalue weighted by Crippen LogP contribution is -2.22. The summed E-state index contributed by atoms with van der Waals surface area (Å²) in [4.78, 5) is 22.3. The Balaban J connectivity index is 1.96. The molecule has 2 heterocycles. The highest BCUT2D eigenvalue weighted by molar-refractivity contribution is 6.05. The van der Waals surface area contributed by atoms with Crippen LogP contribution in [0.15, 0.2) is 64.1 Å². The van der Waals surface area contributed by atoms with Crippen molar-refractivity contribution in [3.63, 3.8) is 0 Å². The van der Waals surface area contributed by atoms with Crippen molar-refractivity contribution in [3.8, 4) is 11.5 Å². The van der Waals surface area contributed by atoms with Crippen molar-refractivity contribution in [2.75, 3.05) is 19.5 Å². The van der Waals surface area contributed by atoms with Crippen molar-refractivity contribution < 1.29 is 23.8 Å². The number of aliphatic hydroxyl groups is 1. The van der Waals surface area contributed by atoms with E-state index in [4.69, 9.17) is 13.9 Å². The van der Waals surface area contributed by atoms with Gasteiger partial charge in [-0.3, -0.25) is 9.78 Å². The molecule has 174 valence electrons. The quantitative estimate of drug-likeness (QED) is 0.442. The average Bonchev–Trinajstić information content (AvgIpc) is 2.85. The van der Waals surface area contributed by atoms with Gasteiger partial charge in [-0.25, -0.2) is 4.99 Å². The number of aliphatic hydroxyl groups excluding tert-OH is 1. The molecule has 4 aromatic rings. The lowest BCUT2D eigenvalue weighted by atomic mass is 10.1. The van der Waals surface area contributed by atoms with Gasteiger partial charge in [-0.05, 0) is 44.2 Å². The van der Waals surface area contributed by atoms with Crippen molar-refractivity contribution in [2.45, 2.75) is 20.5 Å². The largest absolute Gasteiger partial charge is 0.497 e. The van der Waals surface area contributed by atoms with E-state index < -0.39 is 5.91 Å². The molecule has 34 heavy (non-hydrogen) atoms. The first-order valence-electron chi connectivity index (χ1n) is 10.6. The summed E-state index contributed by atoms with van der Waals surface area (Å²) in [6, 6.07) is 14.3. The Morgan fingerprint density at radius 3 is 2.53 bits per heavy atom. The predicted octanol–water partition coefficient (Wildman–Crippen LogP) is 4.44. The lowest BCUT2D eigenvalue weighted by Gasteiger charge is -2.11. The van der Waals surface area contributed by atoms with Gasteiger partial charge in [0.25, 0.3) is 5.91 Å². The lowest BCUT2D eigenvalue weighted by molar-refractivity contribution is 0.102. The van der Waals surface area contributed by atoms with Crippen molar-refractivity contribution in [2.24, 2.45) is 4.99 Å². The van der Waals surface area contributed by atoms with Crippen molar-refractivity contribution in [1.82, 2.24) is 4.98 Å². The number of nitrogens with one attached hydrogen (secondary N) is 1. The second-order valence-electron chi connectivity index (χ2n) is 7.70. The summed E-state index contributed by atoms with van der Waals surface area (Å²) < 4.78 is 16.9. The number of aromatic nitrogens is 1. The van der Waals surface area contributed by atoms with Crippen LogP contribution in [0.25, 0.3) is 11.0 Å². The Kier molecular flexibility index (Phi) is 6.60. The third kappa shape index (κ3) is 4.62. The summed E-state index contributed by atoms with van der Waals surface area (Å²) >= 11 is 0. The van der Waals surface area contributed by atoms with E-state index in [0.29, 0.717) is 45.1 Å². The van der Waals surface area contributed by atoms with Crippen LogP contribution in [0, 0.1) is 13.8 Å². The number of pyridine rings is 1. The third-order valence-electron chi connectivity index (χ3n) is 5.38. The zero-order valence-electron chi connectivity index (χ0n) is 19.4. The molecule has 0 bridgehead atoms. The summed E-state index contributed by atoms with van der Waals surface area (Å²) in [5.74, 6) is 0.653. The highest BCUT2D eigenvalue weighted by Gasteiger charge is 2.17. The van der Waals surface area contributed by atoms with E-state index in [1.807, 2.05) is 31.2 Å². The van der Waals surface area contributed by atoms with E-state index in [1.54, 1.807) is 44.5 Å². The van der Waals surface area contributed by atoms with E-state index in [-0.39, 0.29) is 17.7 Å². The molecule has 2 N–H and O–H groups in total. The van der Waals surface area contributed by atoms with Crippen LogP contribution >= 0.6 is 0 Å². The topological polar surface area (TPSA) is 106 Å². The number of methoxy groups -OCH3 is 2. The van der Waals surface area contributed by atoms with Crippen LogP contribution in [0.1, 0.15) is 27.2 Å². The van der Waals surface area contributed by atoms with Gasteiger partial charge >= 0.3 is 0 Å². The monoisotopic (exact) mass is 459 g/mol. The maximum absolute atomic E-state index is 13.4. The molecule has 0 radical (unpaired) electrons. The molecular formula is C26H25N3O5. The molecule has 0 saturated heterocycles. The van der Waals surface area contributed by atoms with Crippen molar-refractivity contribution in [3.05, 3.63) is 82.7 Å². The number of rotatable bonds is 6. The minimum atomic E-state index is -0.409. The standard InChI is InChI=1S/C26H25N3O5/c1-15-5-7-18(8-6-15)28-25(31)21-12-20-17(14-30)13-27-16(2)24(20)34-26(21)29-22-11-19(32-3)9-10-23(22)33-4/h5-13,30H,14H2,1-4H3,(H,28,31). The van der Waals surface area contributed by atoms with Gasteiger partial charge in [-0.2, -0.15) is 0 Å². The Morgan fingerprint density at radius 1 is 1.09 bits per heavy atom. The number of hydrogen-bond donors (Lipinski definition) is 2. The molecule has 0 atom stereocenters. The maximum atomic E-state index is 13.4. The van der Waals surface area contributed by atoms with E-state index in [2.05, 4.69) is 15.3 Å². The number of nitrogens with zero attached hydrogens (tertiary/aromatic N) is 2. The number of ether oxygens (including phenoxy) is 2. The van der Waals surface area contributed by atoms with Crippen LogP contribution in [-0.2, 0) is 6.61 Å². The van der Waals surface area contributed by atoms with Gasteiger partial charge < -0.3 is 24.3 Å². The summed E-state index contributed by atoms with van der Waals surface area (Å²) in [6.07, 6.45) is 1.57. The number of carbonyl (C=O) groups excluding carboxylic acids is 1. The number of carbonyl (C=O) groups is 1. The molecule has 0 aliphatic carbocycles. The van der Waals surface area contributed by atoms with Gasteiger partial charge in [0.2, 0.25) is 5.55 Å². The first-order chi connectivity index (χ1) is 16.4. The fourth-order valence-electron chi connectivity index (χ4n) is 3.49. The van der Waals surface area contributed by atoms with Crippen LogP contribution in [0.5, 0.6) is 11.5 Å². The molecule has 0 aliphatic rings. The molecule has 8 heteroatoms. The third-order valence-corrected chi connectivity index (χ3v) is 5.38. The number of benzene rings is 2. The number of amides is 1. The van der Waals surface area contributed by atoms with Gasteiger partial charge in [0.1, 0.15) is 22.7 Å². The minimum absolute atomic E-state index is 0.0728. The van der Waals surface area contributed by atoms with Gasteiger partial charge in [0, 0.05) is 28.9 Å². The smallest absolute Gasteiger partial charge is 0.261 e. The van der Waals surface area contributed by atoms with E-state index in [0.717, 1.165) is 5.56 Å². The molecule has 4 rings (SSSR count). The summed E-state index contributed by atoms with van der Waals surface area (Å²) in [5, 5.41) is 13.3. The molecule has 0 saturated carbocycles. The molecular weight excluding hydrogens is 434 g/mol. The summed E-state index contributed by atoms with van der Waals surface area (Å²) in [7, 11) is 3.09. The Bertz CT molecular complexity index is 1430. The van der Waals surface area contributed by atoms with E-state index in [1.165, 1.54) is 7.11 Å². The van der Waals surface area contributed by atoms with Gasteiger partial charge in [0.05, 0.1) is 26.5 Å². The second kappa shape index (κ2) is 9.76. The highest BCUT2D eigenvalue weighted by atomic mass is 16.5. The van der Waals surface area contributed by atoms with Crippen LogP contribution in [-0.4, -0.2) is 30.2 Å². The van der Waals surface area contributed by atoms with E-state index in [9.17, 15) is 9.90 Å². The fourth-order valence-corrected chi connectivity index (χ4v) is 3.49. The maximum Gasteiger partial charge on any atom is 0.261 e. The second-order valence-corrected chi connectivity index (χ2v) is 7.70. The van der Waals surface area contributed by atoms with Crippen molar-refractivity contribution >= 4 is 28.3 Å². The van der Waals surface area contributed by atoms with Gasteiger partial charge in [-0.15, -0.1) is 0 Å². The predicted molar refractivity (Wildman–Crippen MR) is 129 cm³/mol. The van der Waals surface area contributed by atoms with Crippen LogP contribution in [0.3, 0.4) is 0 Å². The molecule has 0 fully saturated rings. The van der Waals surface area contributed by atoms with Crippen molar-refractivity contribution in [1.29, 1.82) is 0 Å². The summed E-state index contributed by atoms with van der Waals surface area (Å²) in [6.45, 7) is 3.51. The van der Waals surface area contributed by atoms with Crippen LogP contribution in [0.2, 0.25) is 0 Å². The summed E-state index contributed by atoms with van der Waals surface area (Å²) in [5.41, 5.74) is 3.98. The Morgan fingerprint density at radius 2 is 1.85 bits per heavy atom. The van der Waals surface area contributed by atoms with Gasteiger partial charge in [0.15, 0.2) is 5.58 Å². The number of fused-ring (bicyclic) bond motifs is 1. The number of hydrogen-bond acceptors (Lipinski definition) is 7. The zero-order chi connectivity index (χ0) is 24.2. The normalized spacial score (nSPS) is 11.5. The molecule has 2 aromatic carbocycles. The molecule has 0 spiro atoms. The molecule has 0 unspecified atom stereocenters. The Labute approximate surface area is 196 Å². The van der Waals surface area contributed by atoms with Gasteiger partial charge in [-0.1, -0.05) is 17.7 Å². The highest BCUT2D eigenvalue weighted by Crippen LogP contribution is 2.31. The SMILES string of the molecule is COc1ccc(OC)c(N=c2oc3c(C)ncc(CO)c3cc2C(=O)Nc2ccc(C)cc2)c1. The number of aryl methyl sites for hydroxylation is 2. The average molecular weight is 460 g/mol. The molecule has 1 amide bonds. The molecule has 8 nitrogen and oxygen atoms in total. The first-order valence-corrected chi connectivity index (χ1v) is 10.6. The minimum Gasteiger partial charge on any atom is -0.497 e. The van der Waals surface area contributed by atoms with E-state index >= 15 is 0 Å². The number of anilines is 1. The van der Waals surface area contributed by atoms with Crippen LogP contribution in [0.4, 0.5) is 11.4 Å². The first kappa shape index (κ1) is 23.0. The molecule has 0 aliphatic heterocycles. The zero-order valence-corrected chi connectivity index (χ0v) is 19.4. The molecule has 2 aromatic heterocycles. The van der Waals surface area contributed by atoms with Crippen LogP contribution < -0.4 is 20.3 Å².